The Balaban J connectivity index is 1.47. The maximum Gasteiger partial charge on any atom is 0.337 e. The average Bonchev–Trinajstić information content (AvgIpc) is 2.90. The number of piperazine rings is 1. The number of ether oxygens (including phenoxy) is 2. The fraction of sp³-hybridized carbons (Fsp3) is 0.400. The predicted molar refractivity (Wildman–Crippen MR) is 155 cm³/mol. The molecule has 0 spiro atoms. The van der Waals surface area contributed by atoms with Crippen LogP contribution >= 0.6 is 23.2 Å². The summed E-state index contributed by atoms with van der Waals surface area (Å²) in [6, 6.07) is 11.6. The molecule has 0 aliphatic carbocycles. The second kappa shape index (κ2) is 13.1. The molecule has 2 aromatic carbocycles. The number of halogens is 3. The van der Waals surface area contributed by atoms with E-state index in [1.807, 2.05) is 0 Å². The van der Waals surface area contributed by atoms with E-state index in [1.165, 1.54) is 12.1 Å². The molecule has 2 aliphatic heterocycles. The van der Waals surface area contributed by atoms with Crippen molar-refractivity contribution in [2.75, 3.05) is 44.2 Å². The summed E-state index contributed by atoms with van der Waals surface area (Å²) in [5.74, 6) is -2.15. The molecular formula is C30H34Cl2FN3O4. The summed E-state index contributed by atoms with van der Waals surface area (Å²) in [5.41, 5.74) is 3.21. The molecule has 0 aromatic heterocycles. The van der Waals surface area contributed by atoms with Crippen LogP contribution in [0.3, 0.4) is 0 Å². The minimum atomic E-state index is -0.814. The monoisotopic (exact) mass is 589 g/mol. The number of carbonyl (C=O) groups is 2. The number of esters is 2. The SMILES string of the molecule is CC1=C(C(=O)OCCN2CCN(c3ccc(F)cc3)CC2)C(c2cccc(Cl)c2Cl)C(C(=O)OC(C)C)=C(C)N1. The number of dihydropyridines is 1. The van der Waals surface area contributed by atoms with Gasteiger partial charge in [-0.2, -0.15) is 0 Å². The van der Waals surface area contributed by atoms with Crippen molar-refractivity contribution >= 4 is 40.8 Å². The number of hydrogen-bond donors (Lipinski definition) is 1. The lowest BCUT2D eigenvalue weighted by Gasteiger charge is -2.36. The van der Waals surface area contributed by atoms with E-state index in [9.17, 15) is 14.0 Å². The quantitative estimate of drug-likeness (QED) is 0.397. The van der Waals surface area contributed by atoms with Crippen molar-refractivity contribution in [1.82, 2.24) is 10.2 Å². The Morgan fingerprint density at radius 1 is 0.975 bits per heavy atom. The Morgan fingerprint density at radius 3 is 2.23 bits per heavy atom. The topological polar surface area (TPSA) is 71.1 Å². The highest BCUT2D eigenvalue weighted by Crippen LogP contribution is 2.43. The number of carbonyl (C=O) groups excluding carboxylic acids is 2. The molecular weight excluding hydrogens is 556 g/mol. The van der Waals surface area contributed by atoms with Crippen LogP contribution in [0.1, 0.15) is 39.2 Å². The molecule has 40 heavy (non-hydrogen) atoms. The highest BCUT2D eigenvalue weighted by atomic mass is 35.5. The van der Waals surface area contributed by atoms with Crippen molar-refractivity contribution in [3.8, 4) is 0 Å². The van der Waals surface area contributed by atoms with E-state index in [2.05, 4.69) is 15.1 Å². The lowest BCUT2D eigenvalue weighted by Crippen LogP contribution is -2.47. The first kappa shape index (κ1) is 29.9. The van der Waals surface area contributed by atoms with Gasteiger partial charge in [-0.1, -0.05) is 35.3 Å². The summed E-state index contributed by atoms with van der Waals surface area (Å²) in [6.07, 6.45) is -0.353. The Morgan fingerprint density at radius 2 is 1.60 bits per heavy atom. The lowest BCUT2D eigenvalue weighted by atomic mass is 9.80. The summed E-state index contributed by atoms with van der Waals surface area (Å²) >= 11 is 12.9. The average molecular weight is 591 g/mol. The maximum absolute atomic E-state index is 13.6. The maximum atomic E-state index is 13.6. The van der Waals surface area contributed by atoms with Gasteiger partial charge in [-0.3, -0.25) is 4.90 Å². The largest absolute Gasteiger partial charge is 0.461 e. The predicted octanol–water partition coefficient (Wildman–Crippen LogP) is 5.68. The zero-order valence-electron chi connectivity index (χ0n) is 23.1. The summed E-state index contributed by atoms with van der Waals surface area (Å²) < 4.78 is 24.6. The van der Waals surface area contributed by atoms with Gasteiger partial charge in [0.1, 0.15) is 12.4 Å². The van der Waals surface area contributed by atoms with Gasteiger partial charge in [0.05, 0.1) is 33.2 Å². The van der Waals surface area contributed by atoms with E-state index < -0.39 is 17.9 Å². The fourth-order valence-electron chi connectivity index (χ4n) is 5.09. The number of nitrogens with one attached hydrogen (secondary N) is 1. The molecule has 2 heterocycles. The molecule has 0 amide bonds. The smallest absolute Gasteiger partial charge is 0.337 e. The zero-order chi connectivity index (χ0) is 29.0. The summed E-state index contributed by atoms with van der Waals surface area (Å²) in [5, 5.41) is 3.73. The van der Waals surface area contributed by atoms with Gasteiger partial charge in [0.15, 0.2) is 0 Å². The molecule has 0 saturated carbocycles. The van der Waals surface area contributed by atoms with Gasteiger partial charge in [0.25, 0.3) is 0 Å². The van der Waals surface area contributed by atoms with E-state index in [4.69, 9.17) is 32.7 Å². The Hall–Kier alpha value is -3.07. The van der Waals surface area contributed by atoms with E-state index in [1.54, 1.807) is 58.0 Å². The number of allylic oxidation sites excluding steroid dienone is 2. The molecule has 1 atom stereocenters. The zero-order valence-corrected chi connectivity index (χ0v) is 24.6. The number of rotatable bonds is 8. The first-order valence-corrected chi connectivity index (χ1v) is 14.1. The Bertz CT molecular complexity index is 1320. The molecule has 4 rings (SSSR count). The fourth-order valence-corrected chi connectivity index (χ4v) is 5.51. The highest BCUT2D eigenvalue weighted by molar-refractivity contribution is 6.42. The molecule has 7 nitrogen and oxygen atoms in total. The van der Waals surface area contributed by atoms with Crippen LogP contribution in [0.5, 0.6) is 0 Å². The minimum Gasteiger partial charge on any atom is -0.461 e. The molecule has 1 saturated heterocycles. The molecule has 0 bridgehead atoms. The first-order valence-electron chi connectivity index (χ1n) is 13.3. The Labute approximate surface area is 244 Å². The summed E-state index contributed by atoms with van der Waals surface area (Å²) in [4.78, 5) is 31.2. The van der Waals surface area contributed by atoms with Crippen molar-refractivity contribution in [1.29, 1.82) is 0 Å². The third-order valence-corrected chi connectivity index (χ3v) is 7.87. The summed E-state index contributed by atoms with van der Waals surface area (Å²) in [7, 11) is 0. The van der Waals surface area contributed by atoms with Gasteiger partial charge in [0, 0.05) is 49.8 Å². The normalized spacial score (nSPS) is 18.2. The molecule has 0 radical (unpaired) electrons. The van der Waals surface area contributed by atoms with E-state index in [0.29, 0.717) is 28.5 Å². The lowest BCUT2D eigenvalue weighted by molar-refractivity contribution is -0.143. The van der Waals surface area contributed by atoms with E-state index >= 15 is 0 Å². The molecule has 10 heteroatoms. The minimum absolute atomic E-state index is 0.177. The second-order valence-corrected chi connectivity index (χ2v) is 11.0. The van der Waals surface area contributed by atoms with Crippen molar-refractivity contribution in [3.05, 3.63) is 86.4 Å². The molecule has 2 aromatic rings. The van der Waals surface area contributed by atoms with Crippen LogP contribution in [0.15, 0.2) is 65.0 Å². The number of benzene rings is 2. The van der Waals surface area contributed by atoms with Crippen LogP contribution in [-0.2, 0) is 19.1 Å². The number of hydrogen-bond acceptors (Lipinski definition) is 7. The van der Waals surface area contributed by atoms with Crippen molar-refractivity contribution < 1.29 is 23.5 Å². The van der Waals surface area contributed by atoms with Crippen molar-refractivity contribution in [2.45, 2.75) is 39.7 Å². The standard InChI is InChI=1S/C30H34Cl2FN3O4/c1-18(2)40-30(38)26-20(4)34-19(3)25(27(26)23-6-5-7-24(31)28(23)32)29(37)39-17-16-35-12-14-36(15-13-35)22-10-8-21(33)9-11-22/h5-11,18,27,34H,12-17H2,1-4H3. The van der Waals surface area contributed by atoms with Gasteiger partial charge in [0.2, 0.25) is 0 Å². The molecule has 1 unspecified atom stereocenters. The third-order valence-electron chi connectivity index (χ3n) is 7.04. The number of anilines is 1. The van der Waals surface area contributed by atoms with E-state index in [-0.39, 0.29) is 34.7 Å². The van der Waals surface area contributed by atoms with Gasteiger partial charge in [-0.15, -0.1) is 0 Å². The van der Waals surface area contributed by atoms with Crippen LogP contribution in [0.25, 0.3) is 0 Å². The van der Waals surface area contributed by atoms with Gasteiger partial charge in [-0.25, -0.2) is 14.0 Å². The van der Waals surface area contributed by atoms with Crippen LogP contribution < -0.4 is 10.2 Å². The van der Waals surface area contributed by atoms with Crippen LogP contribution in [-0.4, -0.2) is 62.3 Å². The second-order valence-electron chi connectivity index (χ2n) is 10.2. The van der Waals surface area contributed by atoms with Gasteiger partial charge < -0.3 is 19.7 Å². The molecule has 2 aliphatic rings. The third kappa shape index (κ3) is 6.79. The summed E-state index contributed by atoms with van der Waals surface area (Å²) in [6.45, 7) is 10.9. The molecule has 214 valence electrons. The van der Waals surface area contributed by atoms with Gasteiger partial charge >= 0.3 is 11.9 Å². The Kier molecular flexibility index (Phi) is 9.77. The molecule has 1 N–H and O–H groups in total. The van der Waals surface area contributed by atoms with Crippen LogP contribution in [0, 0.1) is 5.82 Å². The molecule has 1 fully saturated rings. The van der Waals surface area contributed by atoms with Gasteiger partial charge in [-0.05, 0) is 63.6 Å². The van der Waals surface area contributed by atoms with Crippen molar-refractivity contribution in [3.63, 3.8) is 0 Å². The first-order chi connectivity index (χ1) is 19.1. The number of nitrogens with zero attached hydrogens (tertiary/aromatic N) is 2. The van der Waals surface area contributed by atoms with E-state index in [0.717, 1.165) is 31.9 Å². The highest BCUT2D eigenvalue weighted by Gasteiger charge is 2.39. The van der Waals surface area contributed by atoms with Crippen LogP contribution in [0.4, 0.5) is 10.1 Å². The van der Waals surface area contributed by atoms with Crippen LogP contribution in [0.2, 0.25) is 10.0 Å². The van der Waals surface area contributed by atoms with Crippen molar-refractivity contribution in [2.24, 2.45) is 0 Å².